The summed E-state index contributed by atoms with van der Waals surface area (Å²) in [6.07, 6.45) is 1.52. The molecule has 0 unspecified atom stereocenters. The lowest BCUT2D eigenvalue weighted by Gasteiger charge is -2.11. The van der Waals surface area contributed by atoms with Crippen molar-refractivity contribution in [3.05, 3.63) is 42.7 Å². The third-order valence-electron chi connectivity index (χ3n) is 3.28. The largest absolute Gasteiger partial charge is 0.493 e. The van der Waals surface area contributed by atoms with Crippen LogP contribution in [-0.4, -0.2) is 29.4 Å². The number of ether oxygens (including phenoxy) is 2. The Morgan fingerprint density at radius 3 is 2.57 bits per heavy atom. The molecule has 0 aliphatic carbocycles. The molecular weight excluding hydrogens is 314 g/mol. The van der Waals surface area contributed by atoms with Crippen LogP contribution in [-0.2, 0) is 0 Å². The molecule has 2 aromatic carbocycles. The van der Waals surface area contributed by atoms with Crippen molar-refractivity contribution in [2.45, 2.75) is 9.92 Å². The van der Waals surface area contributed by atoms with Gasteiger partial charge in [0.1, 0.15) is 11.4 Å². The van der Waals surface area contributed by atoms with Crippen LogP contribution in [0.5, 0.6) is 11.5 Å². The summed E-state index contributed by atoms with van der Waals surface area (Å²) in [5.74, 6) is 1.25. The van der Waals surface area contributed by atoms with Gasteiger partial charge < -0.3 is 9.47 Å². The molecule has 0 aliphatic rings. The smallest absolute Gasteiger partial charge is 0.162 e. The van der Waals surface area contributed by atoms with Crippen LogP contribution >= 0.6 is 11.8 Å². The molecule has 1 heterocycles. The van der Waals surface area contributed by atoms with Crippen molar-refractivity contribution in [3.8, 4) is 11.5 Å². The van der Waals surface area contributed by atoms with Crippen LogP contribution in [0.4, 0.5) is 5.69 Å². The predicted octanol–water partition coefficient (Wildman–Crippen LogP) is 3.60. The first kappa shape index (κ1) is 15.4. The van der Waals surface area contributed by atoms with E-state index in [9.17, 15) is 0 Å². The Balaban J connectivity index is 2.06. The molecule has 6 nitrogen and oxygen atoms in total. The van der Waals surface area contributed by atoms with Gasteiger partial charge in [0.05, 0.1) is 25.4 Å². The van der Waals surface area contributed by atoms with E-state index in [4.69, 9.17) is 14.7 Å². The van der Waals surface area contributed by atoms with Crippen LogP contribution in [0.15, 0.2) is 52.6 Å². The van der Waals surface area contributed by atoms with Gasteiger partial charge in [0.2, 0.25) is 0 Å². The third-order valence-corrected chi connectivity index (χ3v) is 4.29. The number of nitrogens with one attached hydrogen (secondary N) is 1. The average molecular weight is 329 g/mol. The molecular formula is C16H15N3O3S. The Labute approximate surface area is 137 Å². The first-order valence-electron chi connectivity index (χ1n) is 6.80. The SMILES string of the molecule is COc1cc2ncnc(Sc3cccc(NO)c3)c2cc1OC. The van der Waals surface area contributed by atoms with Crippen LogP contribution in [0.3, 0.4) is 0 Å². The maximum absolute atomic E-state index is 9.01. The number of hydrogen-bond acceptors (Lipinski definition) is 7. The molecule has 3 aromatic rings. The van der Waals surface area contributed by atoms with Gasteiger partial charge in [-0.1, -0.05) is 17.8 Å². The predicted molar refractivity (Wildman–Crippen MR) is 88.6 cm³/mol. The van der Waals surface area contributed by atoms with Crippen molar-refractivity contribution < 1.29 is 14.7 Å². The number of hydrogen-bond donors (Lipinski definition) is 2. The van der Waals surface area contributed by atoms with E-state index in [0.717, 1.165) is 20.8 Å². The van der Waals surface area contributed by atoms with E-state index in [0.29, 0.717) is 17.2 Å². The minimum absolute atomic E-state index is 0.618. The van der Waals surface area contributed by atoms with Crippen LogP contribution < -0.4 is 15.0 Å². The first-order chi connectivity index (χ1) is 11.2. The van der Waals surface area contributed by atoms with E-state index >= 15 is 0 Å². The number of anilines is 1. The van der Waals surface area contributed by atoms with E-state index in [1.165, 1.54) is 18.1 Å². The molecule has 2 N–H and O–H groups in total. The fourth-order valence-corrected chi connectivity index (χ4v) is 3.11. The van der Waals surface area contributed by atoms with E-state index in [2.05, 4.69) is 15.4 Å². The Bertz CT molecular complexity index is 842. The summed E-state index contributed by atoms with van der Waals surface area (Å²) in [4.78, 5) is 9.59. The van der Waals surface area contributed by atoms with Gasteiger partial charge >= 0.3 is 0 Å². The van der Waals surface area contributed by atoms with Crippen molar-refractivity contribution in [1.82, 2.24) is 9.97 Å². The molecule has 0 amide bonds. The lowest BCUT2D eigenvalue weighted by atomic mass is 10.2. The zero-order valence-electron chi connectivity index (χ0n) is 12.6. The summed E-state index contributed by atoms with van der Waals surface area (Å²) in [7, 11) is 3.19. The molecule has 0 bridgehead atoms. The lowest BCUT2D eigenvalue weighted by Crippen LogP contribution is -1.94. The summed E-state index contributed by atoms with van der Waals surface area (Å²) < 4.78 is 10.7. The standard InChI is InChI=1S/C16H15N3O3S/c1-21-14-7-12-13(8-15(14)22-2)17-9-18-16(12)23-11-5-3-4-10(6-11)19-20/h3-9,19-20H,1-2H3. The topological polar surface area (TPSA) is 76.5 Å². The van der Waals surface area contributed by atoms with Gasteiger partial charge in [0.15, 0.2) is 11.5 Å². The number of methoxy groups -OCH3 is 2. The van der Waals surface area contributed by atoms with E-state index < -0.39 is 0 Å². The van der Waals surface area contributed by atoms with Gasteiger partial charge in [-0.2, -0.15) is 0 Å². The minimum atomic E-state index is 0.618. The van der Waals surface area contributed by atoms with Crippen LogP contribution in [0, 0.1) is 0 Å². The van der Waals surface area contributed by atoms with Crippen molar-refractivity contribution in [2.75, 3.05) is 19.7 Å². The fraction of sp³-hybridized carbons (Fsp3) is 0.125. The molecule has 1 aromatic heterocycles. The van der Waals surface area contributed by atoms with Gasteiger partial charge in [-0.3, -0.25) is 10.7 Å². The zero-order valence-corrected chi connectivity index (χ0v) is 13.4. The molecule has 7 heteroatoms. The van der Waals surface area contributed by atoms with Crippen molar-refractivity contribution in [1.29, 1.82) is 0 Å². The number of aromatic nitrogens is 2. The summed E-state index contributed by atoms with van der Waals surface area (Å²) >= 11 is 1.48. The second kappa shape index (κ2) is 6.72. The highest BCUT2D eigenvalue weighted by molar-refractivity contribution is 7.99. The van der Waals surface area contributed by atoms with E-state index in [-0.39, 0.29) is 0 Å². The first-order valence-corrected chi connectivity index (χ1v) is 7.61. The van der Waals surface area contributed by atoms with Crippen LogP contribution in [0.1, 0.15) is 0 Å². The second-order valence-corrected chi connectivity index (χ2v) is 5.71. The molecule has 0 atom stereocenters. The minimum Gasteiger partial charge on any atom is -0.493 e. The van der Waals surface area contributed by atoms with Gasteiger partial charge in [-0.15, -0.1) is 0 Å². The third kappa shape index (κ3) is 3.15. The van der Waals surface area contributed by atoms with E-state index in [1.807, 2.05) is 30.3 Å². The summed E-state index contributed by atoms with van der Waals surface area (Å²) in [5, 5.41) is 10.7. The quantitative estimate of drug-likeness (QED) is 0.547. The van der Waals surface area contributed by atoms with E-state index in [1.54, 1.807) is 20.3 Å². The maximum atomic E-state index is 9.01. The molecule has 3 rings (SSSR count). The number of fused-ring (bicyclic) bond motifs is 1. The molecule has 0 aliphatic heterocycles. The van der Waals surface area contributed by atoms with Crippen molar-refractivity contribution in [2.24, 2.45) is 0 Å². The zero-order chi connectivity index (χ0) is 16.2. The monoisotopic (exact) mass is 329 g/mol. The normalized spacial score (nSPS) is 10.6. The van der Waals surface area contributed by atoms with Crippen LogP contribution in [0.25, 0.3) is 10.9 Å². The maximum Gasteiger partial charge on any atom is 0.162 e. The van der Waals surface area contributed by atoms with Crippen LogP contribution in [0.2, 0.25) is 0 Å². The number of nitrogens with zero attached hydrogens (tertiary/aromatic N) is 2. The van der Waals surface area contributed by atoms with Crippen molar-refractivity contribution in [3.63, 3.8) is 0 Å². The Kier molecular flexibility index (Phi) is 4.50. The Morgan fingerprint density at radius 2 is 1.83 bits per heavy atom. The number of rotatable bonds is 5. The molecule has 118 valence electrons. The highest BCUT2D eigenvalue weighted by Gasteiger charge is 2.12. The molecule has 23 heavy (non-hydrogen) atoms. The molecule has 0 saturated heterocycles. The lowest BCUT2D eigenvalue weighted by molar-refractivity contribution is 0.355. The summed E-state index contributed by atoms with van der Waals surface area (Å²) in [6, 6.07) is 11.1. The van der Waals surface area contributed by atoms with Gasteiger partial charge in [0, 0.05) is 16.3 Å². The molecule has 0 saturated carbocycles. The van der Waals surface area contributed by atoms with Gasteiger partial charge in [-0.05, 0) is 24.3 Å². The van der Waals surface area contributed by atoms with Gasteiger partial charge in [-0.25, -0.2) is 9.97 Å². The Morgan fingerprint density at radius 1 is 1.04 bits per heavy atom. The van der Waals surface area contributed by atoms with Crippen molar-refractivity contribution >= 4 is 28.4 Å². The summed E-state index contributed by atoms with van der Waals surface area (Å²) in [6.45, 7) is 0. The average Bonchev–Trinajstić information content (AvgIpc) is 2.61. The molecule has 0 spiro atoms. The number of benzene rings is 2. The molecule has 0 fully saturated rings. The second-order valence-electron chi connectivity index (χ2n) is 4.64. The Hall–Kier alpha value is -2.51. The molecule has 0 radical (unpaired) electrons. The van der Waals surface area contributed by atoms with Gasteiger partial charge in [0.25, 0.3) is 0 Å². The highest BCUT2D eigenvalue weighted by atomic mass is 32.2. The fourth-order valence-electron chi connectivity index (χ4n) is 2.18. The summed E-state index contributed by atoms with van der Waals surface area (Å²) in [5.41, 5.74) is 3.53. The highest BCUT2D eigenvalue weighted by Crippen LogP contribution is 2.37.